The molecule has 0 unspecified atom stereocenters. The molecule has 0 aliphatic rings. The molecular weight excluding hydrogens is 315 g/mol. The van der Waals surface area contributed by atoms with Crippen molar-refractivity contribution < 1.29 is 27.5 Å². The molecule has 1 rings (SSSR count). The van der Waals surface area contributed by atoms with Crippen LogP contribution in [-0.4, -0.2) is 42.8 Å². The van der Waals surface area contributed by atoms with Crippen molar-refractivity contribution in [2.45, 2.75) is 4.90 Å². The van der Waals surface area contributed by atoms with E-state index >= 15 is 0 Å². The van der Waals surface area contributed by atoms with Gasteiger partial charge in [-0.3, -0.25) is 9.59 Å². The Kier molecular flexibility index (Phi) is 5.03. The van der Waals surface area contributed by atoms with Crippen molar-refractivity contribution in [3.63, 3.8) is 0 Å². The lowest BCUT2D eigenvalue weighted by atomic mass is 10.3. The molecule has 0 bridgehead atoms. The zero-order chi connectivity index (χ0) is 15.5. The summed E-state index contributed by atoms with van der Waals surface area (Å²) in [6, 6.07) is 3.22. The number of carbonyl (C=O) groups excluding carboxylic acids is 1. The van der Waals surface area contributed by atoms with Gasteiger partial charge in [0.1, 0.15) is 11.4 Å². The van der Waals surface area contributed by atoms with E-state index in [0.717, 1.165) is 12.1 Å². The third kappa shape index (κ3) is 3.65. The van der Waals surface area contributed by atoms with E-state index in [2.05, 4.69) is 0 Å². The third-order valence-corrected chi connectivity index (χ3v) is 4.28. The topological polar surface area (TPSA) is 118 Å². The zero-order valence-electron chi connectivity index (χ0n) is 9.92. The number of sulfonamides is 1. The number of hydrogen-bond donors (Lipinski definition) is 2. The van der Waals surface area contributed by atoms with E-state index in [1.165, 1.54) is 6.07 Å². The van der Waals surface area contributed by atoms with Gasteiger partial charge in [0.25, 0.3) is 0 Å². The molecule has 0 aromatic heterocycles. The highest BCUT2D eigenvalue weighted by Crippen LogP contribution is 2.24. The van der Waals surface area contributed by atoms with Crippen molar-refractivity contribution in [3.05, 3.63) is 29.0 Å². The molecule has 0 aliphatic carbocycles. The van der Waals surface area contributed by atoms with Crippen molar-refractivity contribution in [1.29, 1.82) is 0 Å². The predicted molar refractivity (Wildman–Crippen MR) is 67.0 cm³/mol. The molecule has 10 heteroatoms. The molecule has 1 amide bonds. The second-order valence-electron chi connectivity index (χ2n) is 3.69. The number of carbonyl (C=O) groups is 2. The zero-order valence-corrected chi connectivity index (χ0v) is 11.5. The first-order valence-corrected chi connectivity index (χ1v) is 6.92. The van der Waals surface area contributed by atoms with Gasteiger partial charge in [-0.05, 0) is 12.1 Å². The molecule has 0 saturated heterocycles. The summed E-state index contributed by atoms with van der Waals surface area (Å²) in [6.07, 6.45) is 0. The summed E-state index contributed by atoms with van der Waals surface area (Å²) in [5.74, 6) is -3.82. The molecule has 0 saturated carbocycles. The van der Waals surface area contributed by atoms with Gasteiger partial charge in [-0.1, -0.05) is 17.7 Å². The largest absolute Gasteiger partial charge is 0.480 e. The van der Waals surface area contributed by atoms with Gasteiger partial charge in [-0.2, -0.15) is 4.31 Å². The molecule has 0 radical (unpaired) electrons. The fraction of sp³-hybridized carbons (Fsp3) is 0.200. The summed E-state index contributed by atoms with van der Waals surface area (Å²) in [6.45, 7) is -1.92. The highest BCUT2D eigenvalue weighted by molar-refractivity contribution is 7.89. The Bertz CT molecular complexity index is 633. The van der Waals surface area contributed by atoms with Gasteiger partial charge in [0.15, 0.2) is 5.82 Å². The fourth-order valence-corrected chi connectivity index (χ4v) is 3.05. The minimum absolute atomic E-state index is 0.256. The predicted octanol–water partition coefficient (Wildman–Crippen LogP) is 0.0397. The Morgan fingerprint density at radius 3 is 2.45 bits per heavy atom. The number of nitrogens with two attached hydrogens (primary N) is 1. The van der Waals surface area contributed by atoms with Gasteiger partial charge in [0, 0.05) is 0 Å². The summed E-state index contributed by atoms with van der Waals surface area (Å²) in [5, 5.41) is 8.21. The van der Waals surface area contributed by atoms with Crippen LogP contribution in [0.3, 0.4) is 0 Å². The Balaban J connectivity index is 3.32. The molecule has 0 heterocycles. The molecular formula is C10H10ClFN2O5S. The van der Waals surface area contributed by atoms with E-state index in [-0.39, 0.29) is 4.31 Å². The number of hydrogen-bond acceptors (Lipinski definition) is 4. The van der Waals surface area contributed by atoms with Gasteiger partial charge < -0.3 is 10.8 Å². The van der Waals surface area contributed by atoms with Crippen molar-refractivity contribution in [3.8, 4) is 0 Å². The first kappa shape index (κ1) is 16.3. The standard InChI is InChI=1S/C10H10ClFN2O5S/c11-6-2-1-3-7(10(6)12)20(18,19)14(4-8(13)15)5-9(16)17/h1-3H,4-5H2,(H2,13,15)(H,16,17). The minimum atomic E-state index is -4.55. The summed E-state index contributed by atoms with van der Waals surface area (Å²) >= 11 is 5.47. The highest BCUT2D eigenvalue weighted by Gasteiger charge is 2.31. The molecule has 1 aromatic rings. The van der Waals surface area contributed by atoms with Crippen LogP contribution in [0.5, 0.6) is 0 Å². The maximum Gasteiger partial charge on any atom is 0.318 e. The van der Waals surface area contributed by atoms with E-state index in [9.17, 15) is 22.4 Å². The maximum absolute atomic E-state index is 13.7. The number of carboxylic acid groups (broad SMARTS) is 1. The number of rotatable bonds is 6. The number of primary amides is 1. The molecule has 3 N–H and O–H groups in total. The molecule has 0 atom stereocenters. The van der Waals surface area contributed by atoms with E-state index in [0.29, 0.717) is 0 Å². The van der Waals surface area contributed by atoms with Gasteiger partial charge in [-0.25, -0.2) is 12.8 Å². The molecule has 110 valence electrons. The van der Waals surface area contributed by atoms with Crippen LogP contribution in [0.25, 0.3) is 0 Å². The average molecular weight is 325 g/mol. The molecule has 20 heavy (non-hydrogen) atoms. The van der Waals surface area contributed by atoms with Crippen LogP contribution in [0.1, 0.15) is 0 Å². The monoisotopic (exact) mass is 324 g/mol. The molecule has 7 nitrogen and oxygen atoms in total. The van der Waals surface area contributed by atoms with E-state index in [1.54, 1.807) is 0 Å². The Morgan fingerprint density at radius 1 is 1.35 bits per heavy atom. The van der Waals surface area contributed by atoms with Gasteiger partial charge >= 0.3 is 5.97 Å². The summed E-state index contributed by atoms with van der Waals surface area (Å²) in [5.41, 5.74) is 4.85. The van der Waals surface area contributed by atoms with Gasteiger partial charge in [0.05, 0.1) is 11.6 Å². The minimum Gasteiger partial charge on any atom is -0.480 e. The van der Waals surface area contributed by atoms with Crippen LogP contribution < -0.4 is 5.73 Å². The van der Waals surface area contributed by atoms with E-state index < -0.39 is 50.7 Å². The second kappa shape index (κ2) is 6.16. The Morgan fingerprint density at radius 2 is 1.95 bits per heavy atom. The normalized spacial score (nSPS) is 11.6. The number of aliphatic carboxylic acids is 1. The van der Waals surface area contributed by atoms with Crippen molar-refractivity contribution in [2.24, 2.45) is 5.73 Å². The maximum atomic E-state index is 13.7. The lowest BCUT2D eigenvalue weighted by molar-refractivity contribution is -0.137. The van der Waals surface area contributed by atoms with E-state index in [4.69, 9.17) is 22.4 Å². The quantitative estimate of drug-likeness (QED) is 0.766. The summed E-state index contributed by atoms with van der Waals surface area (Å²) in [7, 11) is -4.55. The number of amides is 1. The Hall–Kier alpha value is -1.71. The number of nitrogens with zero attached hydrogens (tertiary/aromatic N) is 1. The lowest BCUT2D eigenvalue weighted by Crippen LogP contribution is -2.41. The average Bonchev–Trinajstić information content (AvgIpc) is 2.30. The van der Waals surface area contributed by atoms with Crippen LogP contribution in [0.15, 0.2) is 23.1 Å². The fourth-order valence-electron chi connectivity index (χ4n) is 1.37. The second-order valence-corrected chi connectivity index (χ2v) is 6.00. The van der Waals surface area contributed by atoms with Crippen LogP contribution in [0.2, 0.25) is 5.02 Å². The molecule has 0 fully saturated rings. The van der Waals surface area contributed by atoms with Crippen LogP contribution in [0, 0.1) is 5.82 Å². The molecule has 1 aromatic carbocycles. The molecule has 0 aliphatic heterocycles. The smallest absolute Gasteiger partial charge is 0.318 e. The van der Waals surface area contributed by atoms with Crippen molar-refractivity contribution in [1.82, 2.24) is 4.31 Å². The lowest BCUT2D eigenvalue weighted by Gasteiger charge is -2.19. The SMILES string of the molecule is NC(=O)CN(CC(=O)O)S(=O)(=O)c1cccc(Cl)c1F. The van der Waals surface area contributed by atoms with Gasteiger partial charge in [-0.15, -0.1) is 0 Å². The summed E-state index contributed by atoms with van der Waals surface area (Å²) < 4.78 is 38.3. The number of halogens is 2. The van der Waals surface area contributed by atoms with Gasteiger partial charge in [0.2, 0.25) is 15.9 Å². The van der Waals surface area contributed by atoms with Crippen LogP contribution >= 0.6 is 11.6 Å². The van der Waals surface area contributed by atoms with Crippen molar-refractivity contribution >= 4 is 33.5 Å². The van der Waals surface area contributed by atoms with Crippen LogP contribution in [-0.2, 0) is 19.6 Å². The van der Waals surface area contributed by atoms with Crippen LogP contribution in [0.4, 0.5) is 4.39 Å². The van der Waals surface area contributed by atoms with E-state index in [1.807, 2.05) is 0 Å². The summed E-state index contributed by atoms with van der Waals surface area (Å²) in [4.78, 5) is 20.6. The third-order valence-electron chi connectivity index (χ3n) is 2.18. The number of carboxylic acids is 1. The molecule has 0 spiro atoms. The van der Waals surface area contributed by atoms with Crippen molar-refractivity contribution in [2.75, 3.05) is 13.1 Å². The number of benzene rings is 1. The highest BCUT2D eigenvalue weighted by atomic mass is 35.5. The first-order chi connectivity index (χ1) is 9.16. The Labute approximate surface area is 118 Å². The first-order valence-electron chi connectivity index (χ1n) is 5.10.